The molecule has 1 unspecified atom stereocenters. The maximum atomic E-state index is 14.6. The van der Waals surface area contributed by atoms with Crippen molar-refractivity contribution in [2.24, 2.45) is 0 Å². The van der Waals surface area contributed by atoms with Gasteiger partial charge >= 0.3 is 18.0 Å². The Morgan fingerprint density at radius 2 is 1.36 bits per heavy atom. The van der Waals surface area contributed by atoms with Crippen LogP contribution < -0.4 is 5.32 Å². The lowest BCUT2D eigenvalue weighted by atomic mass is 9.79. The lowest BCUT2D eigenvalue weighted by molar-refractivity contribution is -0.349. The molecule has 2 aromatic rings. The maximum absolute atomic E-state index is 14.6. The highest BCUT2D eigenvalue weighted by atomic mass is 19.4. The van der Waals surface area contributed by atoms with Crippen LogP contribution in [0.4, 0.5) is 36.4 Å². The number of alkyl halides is 7. The first kappa shape index (κ1) is 21.7. The molecule has 0 aliphatic carbocycles. The lowest BCUT2D eigenvalue weighted by Gasteiger charge is -2.37. The minimum absolute atomic E-state index is 0.142. The van der Waals surface area contributed by atoms with Gasteiger partial charge in [0.1, 0.15) is 0 Å². The number of anilines is 1. The number of carbonyl (C=O) groups excluding carboxylic acids is 1. The summed E-state index contributed by atoms with van der Waals surface area (Å²) < 4.78 is 93.8. The van der Waals surface area contributed by atoms with Gasteiger partial charge in [-0.15, -0.1) is 0 Å². The number of nitrogens with one attached hydrogen (secondary N) is 1. The molecule has 0 spiro atoms. The van der Waals surface area contributed by atoms with E-state index in [0.717, 1.165) is 19.1 Å². The SMILES string of the molecule is CCC(c1ccccc1NC(=O)c1ccccc1)C(F)(C(F)(F)F)C(F)(F)F. The topological polar surface area (TPSA) is 29.1 Å². The van der Waals surface area contributed by atoms with Crippen molar-refractivity contribution in [2.45, 2.75) is 37.3 Å². The van der Waals surface area contributed by atoms with Gasteiger partial charge in [0.05, 0.1) is 0 Å². The lowest BCUT2D eigenvalue weighted by Crippen LogP contribution is -2.57. The molecular weight excluding hydrogens is 391 g/mol. The number of para-hydroxylation sites is 1. The number of rotatable bonds is 5. The van der Waals surface area contributed by atoms with E-state index in [1.165, 1.54) is 36.4 Å². The summed E-state index contributed by atoms with van der Waals surface area (Å²) in [4.78, 5) is 12.3. The van der Waals surface area contributed by atoms with Gasteiger partial charge in [-0.25, -0.2) is 4.39 Å². The Morgan fingerprint density at radius 3 is 1.86 bits per heavy atom. The molecule has 0 radical (unpaired) electrons. The van der Waals surface area contributed by atoms with E-state index in [9.17, 15) is 35.5 Å². The summed E-state index contributed by atoms with van der Waals surface area (Å²) in [5.74, 6) is -3.34. The zero-order chi connectivity index (χ0) is 21.2. The van der Waals surface area contributed by atoms with E-state index in [1.807, 2.05) is 0 Å². The molecule has 1 N–H and O–H groups in total. The summed E-state index contributed by atoms with van der Waals surface area (Å²) in [6.45, 7) is 1.02. The molecule has 1 atom stereocenters. The Morgan fingerprint density at radius 1 is 0.857 bits per heavy atom. The van der Waals surface area contributed by atoms with Crippen LogP contribution in [0.25, 0.3) is 0 Å². The molecule has 0 aromatic heterocycles. The third-order valence-electron chi connectivity index (χ3n) is 4.33. The first-order valence-electron chi connectivity index (χ1n) is 8.21. The number of carbonyl (C=O) groups is 1. The van der Waals surface area contributed by atoms with Crippen molar-refractivity contribution in [3.05, 3.63) is 65.7 Å². The smallest absolute Gasteiger partial charge is 0.322 e. The highest BCUT2D eigenvalue weighted by molar-refractivity contribution is 6.04. The second-order valence-electron chi connectivity index (χ2n) is 6.08. The van der Waals surface area contributed by atoms with Crippen LogP contribution in [0.5, 0.6) is 0 Å². The summed E-state index contributed by atoms with van der Waals surface area (Å²) in [7, 11) is 0. The van der Waals surface area contributed by atoms with Gasteiger partial charge in [-0.3, -0.25) is 4.79 Å². The second kappa shape index (κ2) is 7.81. The third kappa shape index (κ3) is 3.98. The number of halogens is 7. The molecule has 0 aliphatic heterocycles. The van der Waals surface area contributed by atoms with Crippen molar-refractivity contribution in [1.29, 1.82) is 0 Å². The van der Waals surface area contributed by atoms with Crippen molar-refractivity contribution in [1.82, 2.24) is 0 Å². The minimum atomic E-state index is -6.19. The molecule has 0 bridgehead atoms. The van der Waals surface area contributed by atoms with E-state index in [2.05, 4.69) is 5.32 Å². The van der Waals surface area contributed by atoms with Crippen molar-refractivity contribution in [2.75, 3.05) is 5.32 Å². The highest BCUT2D eigenvalue weighted by Crippen LogP contribution is 2.55. The second-order valence-corrected chi connectivity index (χ2v) is 6.08. The summed E-state index contributed by atoms with van der Waals surface area (Å²) in [5, 5.41) is 2.28. The van der Waals surface area contributed by atoms with Gasteiger partial charge in [0.2, 0.25) is 0 Å². The monoisotopic (exact) mass is 407 g/mol. The van der Waals surface area contributed by atoms with Gasteiger partial charge in [-0.1, -0.05) is 43.3 Å². The Hall–Kier alpha value is -2.58. The number of benzene rings is 2. The largest absolute Gasteiger partial charge is 0.432 e. The van der Waals surface area contributed by atoms with Crippen molar-refractivity contribution >= 4 is 11.6 Å². The molecule has 1 amide bonds. The van der Waals surface area contributed by atoms with Crippen LogP contribution in [0, 0.1) is 0 Å². The molecule has 2 rings (SSSR count). The minimum Gasteiger partial charge on any atom is -0.322 e. The molecule has 2 aromatic carbocycles. The van der Waals surface area contributed by atoms with Crippen LogP contribution in [0.15, 0.2) is 54.6 Å². The average molecular weight is 407 g/mol. The third-order valence-corrected chi connectivity index (χ3v) is 4.33. The van der Waals surface area contributed by atoms with E-state index in [-0.39, 0.29) is 11.3 Å². The Bertz CT molecular complexity index is 801. The predicted molar refractivity (Wildman–Crippen MR) is 89.8 cm³/mol. The summed E-state index contributed by atoms with van der Waals surface area (Å²) in [5.41, 5.74) is -6.24. The molecule has 28 heavy (non-hydrogen) atoms. The molecular formula is C19H16F7NO. The maximum Gasteiger partial charge on any atom is 0.432 e. The van der Waals surface area contributed by atoms with E-state index < -0.39 is 41.8 Å². The molecule has 0 saturated carbocycles. The van der Waals surface area contributed by atoms with Gasteiger partial charge in [-0.2, -0.15) is 26.3 Å². The van der Waals surface area contributed by atoms with Gasteiger partial charge in [0.15, 0.2) is 0 Å². The van der Waals surface area contributed by atoms with Gasteiger partial charge in [-0.05, 0) is 30.2 Å². The van der Waals surface area contributed by atoms with Gasteiger partial charge < -0.3 is 5.32 Å². The summed E-state index contributed by atoms with van der Waals surface area (Å²) in [6, 6.07) is 12.1. The fraction of sp³-hybridized carbons (Fsp3) is 0.316. The number of amides is 1. The van der Waals surface area contributed by atoms with Crippen LogP contribution in [-0.4, -0.2) is 23.9 Å². The molecule has 0 saturated heterocycles. The van der Waals surface area contributed by atoms with Crippen molar-refractivity contribution in [3.8, 4) is 0 Å². The van der Waals surface area contributed by atoms with E-state index in [4.69, 9.17) is 0 Å². The van der Waals surface area contributed by atoms with Crippen molar-refractivity contribution < 1.29 is 35.5 Å². The van der Waals surface area contributed by atoms with Crippen LogP contribution in [0.1, 0.15) is 35.2 Å². The highest BCUT2D eigenvalue weighted by Gasteiger charge is 2.75. The first-order chi connectivity index (χ1) is 12.9. The zero-order valence-electron chi connectivity index (χ0n) is 14.5. The quantitative estimate of drug-likeness (QED) is 0.582. The van der Waals surface area contributed by atoms with E-state index >= 15 is 0 Å². The fourth-order valence-electron chi connectivity index (χ4n) is 2.97. The summed E-state index contributed by atoms with van der Waals surface area (Å²) >= 11 is 0. The molecule has 0 aliphatic rings. The van der Waals surface area contributed by atoms with Crippen LogP contribution in [0.2, 0.25) is 0 Å². The van der Waals surface area contributed by atoms with Crippen LogP contribution >= 0.6 is 0 Å². The molecule has 2 nitrogen and oxygen atoms in total. The number of hydrogen-bond donors (Lipinski definition) is 1. The first-order valence-corrected chi connectivity index (χ1v) is 8.21. The molecule has 9 heteroatoms. The Balaban J connectivity index is 2.52. The fourth-order valence-corrected chi connectivity index (χ4v) is 2.97. The van der Waals surface area contributed by atoms with E-state index in [1.54, 1.807) is 6.07 Å². The standard InChI is InChI=1S/C19H16F7NO/c1-2-14(17(20,18(21,22)23)19(24,25)26)13-10-6-7-11-15(13)27-16(28)12-8-4-3-5-9-12/h3-11,14H,2H2,1H3,(H,27,28). The van der Waals surface area contributed by atoms with Crippen LogP contribution in [-0.2, 0) is 0 Å². The molecule has 0 heterocycles. The van der Waals surface area contributed by atoms with Gasteiger partial charge in [0.25, 0.3) is 5.91 Å². The van der Waals surface area contributed by atoms with Crippen molar-refractivity contribution in [3.63, 3.8) is 0 Å². The van der Waals surface area contributed by atoms with Crippen LogP contribution in [0.3, 0.4) is 0 Å². The molecule has 152 valence electrons. The van der Waals surface area contributed by atoms with E-state index in [0.29, 0.717) is 0 Å². The number of hydrogen-bond acceptors (Lipinski definition) is 1. The average Bonchev–Trinajstić information content (AvgIpc) is 2.62. The van der Waals surface area contributed by atoms with Gasteiger partial charge in [0, 0.05) is 17.2 Å². The zero-order valence-corrected chi connectivity index (χ0v) is 14.5. The molecule has 0 fully saturated rings. The normalized spacial score (nSPS) is 13.9. The predicted octanol–water partition coefficient (Wildman–Crippen LogP) is 6.27. The Kier molecular flexibility index (Phi) is 6.06. The summed E-state index contributed by atoms with van der Waals surface area (Å²) in [6.07, 6.45) is -13.2. The Labute approximate surface area is 156 Å².